The first-order valence-electron chi connectivity index (χ1n) is 7.57. The van der Waals surface area contributed by atoms with Gasteiger partial charge in [-0.15, -0.1) is 0 Å². The van der Waals surface area contributed by atoms with Crippen molar-refractivity contribution in [3.63, 3.8) is 0 Å². The fraction of sp³-hybridized carbons (Fsp3) is 0.211. The molecule has 0 atom stereocenters. The van der Waals surface area contributed by atoms with Crippen LogP contribution in [0.5, 0.6) is 11.5 Å². The molecule has 126 valence electrons. The largest absolute Gasteiger partial charge is 0.496 e. The number of aliphatic carboxylic acids is 1. The van der Waals surface area contributed by atoms with Crippen molar-refractivity contribution in [2.24, 2.45) is 0 Å². The zero-order chi connectivity index (χ0) is 17.5. The molecule has 2 aromatic carbocycles. The van der Waals surface area contributed by atoms with E-state index in [1.54, 1.807) is 24.3 Å². The molecule has 0 bridgehead atoms. The Bertz CT molecular complexity index is 736. The Kier molecular flexibility index (Phi) is 6.27. The topological polar surface area (TPSA) is 55.8 Å². The molecule has 0 aliphatic carbocycles. The van der Waals surface area contributed by atoms with Gasteiger partial charge in [-0.05, 0) is 48.4 Å². The van der Waals surface area contributed by atoms with Crippen LogP contribution in [0.1, 0.15) is 24.5 Å². The molecule has 24 heavy (non-hydrogen) atoms. The van der Waals surface area contributed by atoms with Gasteiger partial charge in [0.05, 0.1) is 19.3 Å². The zero-order valence-corrected chi connectivity index (χ0v) is 14.3. The third kappa shape index (κ3) is 4.52. The smallest absolute Gasteiger partial charge is 0.336 e. The second-order valence-electron chi connectivity index (χ2n) is 5.13. The van der Waals surface area contributed by atoms with Crippen molar-refractivity contribution in [1.82, 2.24) is 0 Å². The van der Waals surface area contributed by atoms with Crippen molar-refractivity contribution in [2.45, 2.75) is 13.3 Å². The van der Waals surface area contributed by atoms with E-state index < -0.39 is 5.97 Å². The fourth-order valence-corrected chi connectivity index (χ4v) is 2.36. The summed E-state index contributed by atoms with van der Waals surface area (Å²) >= 11 is 6.00. The van der Waals surface area contributed by atoms with Crippen molar-refractivity contribution < 1.29 is 19.4 Å². The summed E-state index contributed by atoms with van der Waals surface area (Å²) in [5.74, 6) is 0.157. The van der Waals surface area contributed by atoms with Crippen LogP contribution in [0.3, 0.4) is 0 Å². The minimum absolute atomic E-state index is 0.108. The van der Waals surface area contributed by atoms with Crippen LogP contribution in [-0.4, -0.2) is 24.8 Å². The number of halogens is 1. The quantitative estimate of drug-likeness (QED) is 0.580. The number of hydrogen-bond donors (Lipinski definition) is 1. The van der Waals surface area contributed by atoms with Crippen LogP contribution >= 0.6 is 11.6 Å². The predicted octanol–water partition coefficient (Wildman–Crippen LogP) is 4.76. The molecule has 0 aliphatic rings. The Morgan fingerprint density at radius 2 is 1.92 bits per heavy atom. The van der Waals surface area contributed by atoms with Crippen molar-refractivity contribution >= 4 is 29.2 Å². The van der Waals surface area contributed by atoms with Gasteiger partial charge >= 0.3 is 5.97 Å². The molecule has 2 aromatic rings. The van der Waals surface area contributed by atoms with E-state index in [4.69, 9.17) is 21.1 Å². The second kappa shape index (κ2) is 8.41. The molecule has 0 heterocycles. The van der Waals surface area contributed by atoms with Crippen molar-refractivity contribution in [3.05, 3.63) is 58.6 Å². The number of carboxylic acid groups (broad SMARTS) is 1. The van der Waals surface area contributed by atoms with E-state index in [0.717, 1.165) is 17.7 Å². The molecule has 0 saturated carbocycles. The number of rotatable bonds is 7. The zero-order valence-electron chi connectivity index (χ0n) is 13.6. The summed E-state index contributed by atoms with van der Waals surface area (Å²) in [5, 5.41) is 10.0. The summed E-state index contributed by atoms with van der Waals surface area (Å²) in [5.41, 5.74) is 1.29. The Hall–Kier alpha value is -2.46. The molecule has 4 nitrogen and oxygen atoms in total. The molecule has 0 saturated heterocycles. The van der Waals surface area contributed by atoms with Crippen molar-refractivity contribution in [1.29, 1.82) is 0 Å². The number of methoxy groups -OCH3 is 1. The maximum atomic E-state index is 11.7. The Morgan fingerprint density at radius 1 is 1.21 bits per heavy atom. The van der Waals surface area contributed by atoms with Gasteiger partial charge in [-0.2, -0.15) is 0 Å². The highest BCUT2D eigenvalue weighted by molar-refractivity contribution is 6.31. The van der Waals surface area contributed by atoms with Crippen molar-refractivity contribution in [3.8, 4) is 11.5 Å². The molecule has 0 fully saturated rings. The number of carbonyl (C=O) groups is 1. The van der Waals surface area contributed by atoms with Gasteiger partial charge in [-0.3, -0.25) is 0 Å². The van der Waals surface area contributed by atoms with Gasteiger partial charge in [0.15, 0.2) is 0 Å². The molecule has 0 aromatic heterocycles. The fourth-order valence-electron chi connectivity index (χ4n) is 2.19. The van der Waals surface area contributed by atoms with E-state index in [0.29, 0.717) is 22.9 Å². The Balaban J connectivity index is 2.39. The van der Waals surface area contributed by atoms with Crippen LogP contribution in [0.2, 0.25) is 5.02 Å². The third-order valence-corrected chi connectivity index (χ3v) is 3.58. The highest BCUT2D eigenvalue weighted by Crippen LogP contribution is 2.31. The number of carboxylic acids is 1. The molecular formula is C19H19ClO4. The summed E-state index contributed by atoms with van der Waals surface area (Å²) in [6, 6.07) is 12.1. The van der Waals surface area contributed by atoms with Crippen LogP contribution in [-0.2, 0) is 4.79 Å². The lowest BCUT2D eigenvalue weighted by Crippen LogP contribution is -2.02. The first-order chi connectivity index (χ1) is 11.5. The maximum absolute atomic E-state index is 11.7. The van der Waals surface area contributed by atoms with E-state index in [1.165, 1.54) is 7.11 Å². The molecule has 0 spiro atoms. The lowest BCUT2D eigenvalue weighted by molar-refractivity contribution is -0.130. The highest BCUT2D eigenvalue weighted by atomic mass is 35.5. The van der Waals surface area contributed by atoms with E-state index in [2.05, 4.69) is 0 Å². The standard InChI is InChI=1S/C19H19ClO4/c1-3-10-24-15-7-4-13(5-8-15)11-17(19(21)22)16-12-14(20)6-9-18(16)23-2/h4-9,11-12H,3,10H2,1-2H3,(H,21,22)/b17-11-. The summed E-state index contributed by atoms with van der Waals surface area (Å²) < 4.78 is 10.8. The molecule has 0 aliphatic heterocycles. The van der Waals surface area contributed by atoms with Crippen LogP contribution in [0.4, 0.5) is 0 Å². The van der Waals surface area contributed by atoms with Gasteiger partial charge in [0.2, 0.25) is 0 Å². The number of benzene rings is 2. The maximum Gasteiger partial charge on any atom is 0.336 e. The minimum Gasteiger partial charge on any atom is -0.496 e. The van der Waals surface area contributed by atoms with Crippen LogP contribution in [0, 0.1) is 0 Å². The van der Waals surface area contributed by atoms with Crippen LogP contribution < -0.4 is 9.47 Å². The van der Waals surface area contributed by atoms with Gasteiger partial charge in [0.25, 0.3) is 0 Å². The molecule has 1 N–H and O–H groups in total. The molecule has 0 radical (unpaired) electrons. The van der Waals surface area contributed by atoms with Gasteiger partial charge in [-0.1, -0.05) is 30.7 Å². The molecule has 0 unspecified atom stereocenters. The van der Waals surface area contributed by atoms with E-state index in [9.17, 15) is 9.90 Å². The average Bonchev–Trinajstić information content (AvgIpc) is 2.58. The van der Waals surface area contributed by atoms with Gasteiger partial charge in [0, 0.05) is 10.6 Å². The summed E-state index contributed by atoms with van der Waals surface area (Å²) in [6.07, 6.45) is 2.51. The lowest BCUT2D eigenvalue weighted by atomic mass is 10.0. The number of ether oxygens (including phenoxy) is 2. The first-order valence-corrected chi connectivity index (χ1v) is 7.94. The van der Waals surface area contributed by atoms with Crippen LogP contribution in [0.15, 0.2) is 42.5 Å². The minimum atomic E-state index is -1.05. The second-order valence-corrected chi connectivity index (χ2v) is 5.56. The Morgan fingerprint density at radius 3 is 2.50 bits per heavy atom. The third-order valence-electron chi connectivity index (χ3n) is 3.35. The van der Waals surface area contributed by atoms with Crippen molar-refractivity contribution in [2.75, 3.05) is 13.7 Å². The monoisotopic (exact) mass is 346 g/mol. The molecule has 0 amide bonds. The van der Waals surface area contributed by atoms with E-state index in [-0.39, 0.29) is 5.57 Å². The number of hydrogen-bond acceptors (Lipinski definition) is 3. The predicted molar refractivity (Wildman–Crippen MR) is 95.7 cm³/mol. The first kappa shape index (κ1) is 17.9. The average molecular weight is 347 g/mol. The molecule has 2 rings (SSSR count). The SMILES string of the molecule is CCCOc1ccc(/C=C(\C(=O)O)c2cc(Cl)ccc2OC)cc1. The molecule has 5 heteroatoms. The molecular weight excluding hydrogens is 328 g/mol. The van der Waals surface area contributed by atoms with E-state index >= 15 is 0 Å². The Labute approximate surface area is 146 Å². The van der Waals surface area contributed by atoms with Gasteiger partial charge in [0.1, 0.15) is 11.5 Å². The summed E-state index contributed by atoms with van der Waals surface area (Å²) in [4.78, 5) is 11.7. The van der Waals surface area contributed by atoms with Gasteiger partial charge < -0.3 is 14.6 Å². The van der Waals surface area contributed by atoms with Gasteiger partial charge in [-0.25, -0.2) is 4.79 Å². The normalized spacial score (nSPS) is 11.2. The highest BCUT2D eigenvalue weighted by Gasteiger charge is 2.16. The summed E-state index contributed by atoms with van der Waals surface area (Å²) in [7, 11) is 1.49. The van der Waals surface area contributed by atoms with Crippen LogP contribution in [0.25, 0.3) is 11.6 Å². The lowest BCUT2D eigenvalue weighted by Gasteiger charge is -2.10. The summed E-state index contributed by atoms with van der Waals surface area (Å²) in [6.45, 7) is 2.68. The van der Waals surface area contributed by atoms with E-state index in [1.807, 2.05) is 31.2 Å².